The zero-order valence-electron chi connectivity index (χ0n) is 21.7. The van der Waals surface area contributed by atoms with Crippen LogP contribution in [0, 0.1) is 11.7 Å². The summed E-state index contributed by atoms with van der Waals surface area (Å²) in [5.74, 6) is 0.807. The fourth-order valence-corrected chi connectivity index (χ4v) is 4.79. The Kier molecular flexibility index (Phi) is 11.0. The third-order valence-electron chi connectivity index (χ3n) is 5.88. The SMILES string of the molecule is COc1cccc(CN(C(=O)CSCc2ccccc2F)[C@@H](Cc2ccccc2)C(=O)NCC(C)C)c1. The molecule has 2 amide bonds. The number of nitrogens with zero attached hydrogens (tertiary/aromatic N) is 1. The number of halogens is 1. The molecule has 0 radical (unpaired) electrons. The highest BCUT2D eigenvalue weighted by atomic mass is 32.2. The Balaban J connectivity index is 1.87. The van der Waals surface area contributed by atoms with Gasteiger partial charge in [-0.15, -0.1) is 11.8 Å². The first kappa shape index (κ1) is 28.3. The monoisotopic (exact) mass is 522 g/mol. The molecule has 0 saturated carbocycles. The smallest absolute Gasteiger partial charge is 0.243 e. The second kappa shape index (κ2) is 14.4. The topological polar surface area (TPSA) is 58.6 Å². The van der Waals surface area contributed by atoms with Gasteiger partial charge in [0.15, 0.2) is 0 Å². The molecule has 0 saturated heterocycles. The van der Waals surface area contributed by atoms with Gasteiger partial charge in [0.1, 0.15) is 17.6 Å². The summed E-state index contributed by atoms with van der Waals surface area (Å²) in [7, 11) is 1.60. The first-order valence-corrected chi connectivity index (χ1v) is 13.6. The highest BCUT2D eigenvalue weighted by Gasteiger charge is 2.30. The molecule has 0 aliphatic rings. The van der Waals surface area contributed by atoms with Crippen molar-refractivity contribution < 1.29 is 18.7 Å². The third-order valence-corrected chi connectivity index (χ3v) is 6.85. The van der Waals surface area contributed by atoms with E-state index in [1.54, 1.807) is 30.2 Å². The lowest BCUT2D eigenvalue weighted by atomic mass is 10.0. The second-order valence-corrected chi connectivity index (χ2v) is 10.3. The number of nitrogens with one attached hydrogen (secondary N) is 1. The van der Waals surface area contributed by atoms with Gasteiger partial charge in [-0.05, 0) is 40.8 Å². The van der Waals surface area contributed by atoms with E-state index in [1.807, 2.05) is 68.4 Å². The molecular weight excluding hydrogens is 487 g/mol. The number of hydrogen-bond donors (Lipinski definition) is 1. The zero-order valence-corrected chi connectivity index (χ0v) is 22.5. The molecule has 0 aliphatic carbocycles. The average molecular weight is 523 g/mol. The van der Waals surface area contributed by atoms with Gasteiger partial charge in [0.25, 0.3) is 0 Å². The van der Waals surface area contributed by atoms with Gasteiger partial charge in [0.05, 0.1) is 12.9 Å². The van der Waals surface area contributed by atoms with Gasteiger partial charge >= 0.3 is 0 Å². The number of benzene rings is 3. The molecular formula is C30H35FN2O3S. The van der Waals surface area contributed by atoms with Crippen molar-refractivity contribution in [3.05, 3.63) is 101 Å². The number of amides is 2. The van der Waals surface area contributed by atoms with E-state index in [4.69, 9.17) is 4.74 Å². The molecule has 0 heterocycles. The van der Waals surface area contributed by atoms with Crippen LogP contribution in [0.1, 0.15) is 30.5 Å². The summed E-state index contributed by atoms with van der Waals surface area (Å²) in [5, 5.41) is 3.02. The van der Waals surface area contributed by atoms with Gasteiger partial charge in [-0.25, -0.2) is 4.39 Å². The van der Waals surface area contributed by atoms with Crippen LogP contribution in [0.5, 0.6) is 5.75 Å². The summed E-state index contributed by atoms with van der Waals surface area (Å²) in [6, 6.07) is 23.1. The van der Waals surface area contributed by atoms with Crippen molar-refractivity contribution >= 4 is 23.6 Å². The predicted molar refractivity (Wildman–Crippen MR) is 148 cm³/mol. The lowest BCUT2D eigenvalue weighted by Crippen LogP contribution is -2.51. The van der Waals surface area contributed by atoms with Crippen molar-refractivity contribution in [2.45, 2.75) is 38.6 Å². The number of ether oxygens (including phenoxy) is 1. The van der Waals surface area contributed by atoms with Crippen molar-refractivity contribution in [3.8, 4) is 5.75 Å². The Morgan fingerprint density at radius 2 is 1.68 bits per heavy atom. The molecule has 37 heavy (non-hydrogen) atoms. The molecule has 0 aliphatic heterocycles. The molecule has 0 unspecified atom stereocenters. The molecule has 196 valence electrons. The zero-order chi connectivity index (χ0) is 26.6. The molecule has 3 rings (SSSR count). The van der Waals surface area contributed by atoms with Crippen LogP contribution in [0.2, 0.25) is 0 Å². The maximum absolute atomic E-state index is 14.1. The van der Waals surface area contributed by atoms with E-state index in [0.29, 0.717) is 30.0 Å². The van der Waals surface area contributed by atoms with Crippen molar-refractivity contribution in [1.29, 1.82) is 0 Å². The first-order chi connectivity index (χ1) is 17.9. The fourth-order valence-electron chi connectivity index (χ4n) is 3.89. The molecule has 0 fully saturated rings. The van der Waals surface area contributed by atoms with Crippen LogP contribution in [0.3, 0.4) is 0 Å². The van der Waals surface area contributed by atoms with Crippen LogP contribution in [-0.2, 0) is 28.3 Å². The highest BCUT2D eigenvalue weighted by Crippen LogP contribution is 2.21. The number of rotatable bonds is 13. The van der Waals surface area contributed by atoms with Crippen molar-refractivity contribution in [3.63, 3.8) is 0 Å². The number of hydrogen-bond acceptors (Lipinski definition) is 4. The van der Waals surface area contributed by atoms with E-state index < -0.39 is 6.04 Å². The Morgan fingerprint density at radius 1 is 0.973 bits per heavy atom. The van der Waals surface area contributed by atoms with Crippen LogP contribution in [-0.4, -0.2) is 42.2 Å². The summed E-state index contributed by atoms with van der Waals surface area (Å²) in [5.41, 5.74) is 2.38. The van der Waals surface area contributed by atoms with Gasteiger partial charge in [-0.3, -0.25) is 9.59 Å². The summed E-state index contributed by atoms with van der Waals surface area (Å²) in [4.78, 5) is 28.8. The quantitative estimate of drug-likeness (QED) is 0.323. The number of methoxy groups -OCH3 is 1. The summed E-state index contributed by atoms with van der Waals surface area (Å²) < 4.78 is 19.5. The minimum Gasteiger partial charge on any atom is -0.497 e. The van der Waals surface area contributed by atoms with Crippen LogP contribution in [0.4, 0.5) is 4.39 Å². The molecule has 7 heteroatoms. The lowest BCUT2D eigenvalue weighted by Gasteiger charge is -2.32. The Hall–Kier alpha value is -3.32. The minimum absolute atomic E-state index is 0.126. The van der Waals surface area contributed by atoms with E-state index in [0.717, 1.165) is 11.1 Å². The molecule has 1 N–H and O–H groups in total. The summed E-state index contributed by atoms with van der Waals surface area (Å²) >= 11 is 1.34. The largest absolute Gasteiger partial charge is 0.497 e. The van der Waals surface area contributed by atoms with Crippen molar-refractivity contribution in [1.82, 2.24) is 10.2 Å². The molecule has 3 aromatic carbocycles. The first-order valence-electron chi connectivity index (χ1n) is 12.4. The van der Waals surface area contributed by atoms with E-state index in [2.05, 4.69) is 5.32 Å². The second-order valence-electron chi connectivity index (χ2n) is 9.30. The van der Waals surface area contributed by atoms with Crippen molar-refractivity contribution in [2.24, 2.45) is 5.92 Å². The van der Waals surface area contributed by atoms with Crippen LogP contribution in [0.25, 0.3) is 0 Å². The summed E-state index contributed by atoms with van der Waals surface area (Å²) in [6.07, 6.45) is 0.387. The lowest BCUT2D eigenvalue weighted by molar-refractivity contribution is -0.139. The Morgan fingerprint density at radius 3 is 2.38 bits per heavy atom. The normalized spacial score (nSPS) is 11.7. The summed E-state index contributed by atoms with van der Waals surface area (Å²) in [6.45, 7) is 4.84. The molecule has 1 atom stereocenters. The Bertz CT molecular complexity index is 1160. The number of carbonyl (C=O) groups excluding carboxylic acids is 2. The van der Waals surface area contributed by atoms with Gasteiger partial charge in [-0.2, -0.15) is 0 Å². The number of thioether (sulfide) groups is 1. The molecule has 0 spiro atoms. The van der Waals surface area contributed by atoms with Gasteiger partial charge in [-0.1, -0.05) is 74.5 Å². The van der Waals surface area contributed by atoms with Crippen LogP contribution in [0.15, 0.2) is 78.9 Å². The predicted octanol–water partition coefficient (Wildman–Crippen LogP) is 5.48. The van der Waals surface area contributed by atoms with E-state index in [-0.39, 0.29) is 35.8 Å². The molecule has 0 bridgehead atoms. The van der Waals surface area contributed by atoms with Crippen molar-refractivity contribution in [2.75, 3.05) is 19.4 Å². The standard InChI is InChI=1S/C30H35FN2O3S/c1-22(2)18-32-30(35)28(17-23-10-5-4-6-11-23)33(19-24-12-9-14-26(16-24)36-3)29(34)21-37-20-25-13-7-8-15-27(25)31/h4-16,22,28H,17-21H2,1-3H3,(H,32,35)/t28-/m0/s1. The van der Waals surface area contributed by atoms with Crippen LogP contribution < -0.4 is 10.1 Å². The van der Waals surface area contributed by atoms with Gasteiger partial charge < -0.3 is 15.0 Å². The van der Waals surface area contributed by atoms with Gasteiger partial charge in [0.2, 0.25) is 11.8 Å². The number of carbonyl (C=O) groups is 2. The van der Waals surface area contributed by atoms with E-state index in [9.17, 15) is 14.0 Å². The average Bonchev–Trinajstić information content (AvgIpc) is 2.91. The van der Waals surface area contributed by atoms with E-state index >= 15 is 0 Å². The maximum Gasteiger partial charge on any atom is 0.243 e. The Labute approximate surface area is 223 Å². The third kappa shape index (κ3) is 8.93. The van der Waals surface area contributed by atoms with Gasteiger partial charge in [0, 0.05) is 25.3 Å². The minimum atomic E-state index is -0.700. The van der Waals surface area contributed by atoms with E-state index in [1.165, 1.54) is 17.8 Å². The molecule has 0 aromatic heterocycles. The fraction of sp³-hybridized carbons (Fsp3) is 0.333. The molecule has 3 aromatic rings. The maximum atomic E-state index is 14.1. The highest BCUT2D eigenvalue weighted by molar-refractivity contribution is 7.99. The molecule has 5 nitrogen and oxygen atoms in total. The van der Waals surface area contributed by atoms with Crippen LogP contribution >= 0.6 is 11.8 Å².